The zero-order valence-corrected chi connectivity index (χ0v) is 22.8. The van der Waals surface area contributed by atoms with Crippen LogP contribution in [-0.2, 0) is 4.74 Å². The summed E-state index contributed by atoms with van der Waals surface area (Å²) in [7, 11) is 0. The summed E-state index contributed by atoms with van der Waals surface area (Å²) in [6.45, 7) is 5.84. The molecule has 0 aromatic heterocycles. The normalized spacial score (nSPS) is 18.1. The van der Waals surface area contributed by atoms with Gasteiger partial charge in [0, 0.05) is 5.92 Å². The van der Waals surface area contributed by atoms with Crippen molar-refractivity contribution in [3.63, 3.8) is 0 Å². The molecule has 1 atom stereocenters. The fraction of sp³-hybridized carbons (Fsp3) is 0.424. The number of hydrogen-bond acceptors (Lipinski definition) is 5. The van der Waals surface area contributed by atoms with E-state index in [1.807, 2.05) is 24.3 Å². The van der Waals surface area contributed by atoms with Crippen LogP contribution < -0.4 is 15.2 Å². The van der Waals surface area contributed by atoms with Crippen LogP contribution in [0.3, 0.4) is 0 Å². The molecule has 0 saturated heterocycles. The molecule has 1 heterocycles. The monoisotopic (exact) mass is 512 g/mol. The standard InChI is InChI=1S/C33H40N2O3/c1-3-5-7-20-36-27-16-12-24(13-17-27)22-26-10-9-11-29-31(30(23-34)33(35)38-32(26)29)25-14-18-28(19-15-25)37-21-8-6-4-2/h12-19,22,31H,3-11,20-21,35H2,1-2H3/b26-22-/t31-/m0/s1. The van der Waals surface area contributed by atoms with E-state index in [0.29, 0.717) is 5.57 Å². The minimum Gasteiger partial charge on any atom is -0.494 e. The fourth-order valence-corrected chi connectivity index (χ4v) is 5.12. The molecule has 0 amide bonds. The Morgan fingerprint density at radius 2 is 1.50 bits per heavy atom. The number of benzene rings is 2. The number of nitrogens with zero attached hydrogens (tertiary/aromatic N) is 1. The third-order valence-corrected chi connectivity index (χ3v) is 7.18. The van der Waals surface area contributed by atoms with Crippen LogP contribution in [-0.4, -0.2) is 13.2 Å². The van der Waals surface area contributed by atoms with E-state index in [0.717, 1.165) is 84.8 Å². The van der Waals surface area contributed by atoms with Crippen LogP contribution in [0.1, 0.15) is 88.7 Å². The fourth-order valence-electron chi connectivity index (χ4n) is 5.12. The number of rotatable bonds is 12. The number of ether oxygens (including phenoxy) is 3. The topological polar surface area (TPSA) is 77.5 Å². The smallest absolute Gasteiger partial charge is 0.205 e. The lowest BCUT2D eigenvalue weighted by atomic mass is 9.77. The van der Waals surface area contributed by atoms with E-state index in [-0.39, 0.29) is 11.8 Å². The first-order valence-corrected chi connectivity index (χ1v) is 14.1. The van der Waals surface area contributed by atoms with E-state index in [9.17, 15) is 5.26 Å². The molecule has 0 fully saturated rings. The van der Waals surface area contributed by atoms with Crippen molar-refractivity contribution < 1.29 is 14.2 Å². The lowest BCUT2D eigenvalue weighted by molar-refractivity contribution is 0.277. The van der Waals surface area contributed by atoms with Crippen molar-refractivity contribution in [3.05, 3.63) is 88.0 Å². The maximum absolute atomic E-state index is 9.98. The third kappa shape index (κ3) is 6.81. The van der Waals surface area contributed by atoms with Crippen LogP contribution in [0.15, 0.2) is 76.9 Å². The van der Waals surface area contributed by atoms with Gasteiger partial charge in [0.1, 0.15) is 28.9 Å². The highest BCUT2D eigenvalue weighted by molar-refractivity contribution is 5.62. The Morgan fingerprint density at radius 3 is 2.08 bits per heavy atom. The van der Waals surface area contributed by atoms with Crippen molar-refractivity contribution in [3.8, 4) is 17.6 Å². The maximum Gasteiger partial charge on any atom is 0.205 e. The molecule has 1 aliphatic heterocycles. The molecule has 2 aromatic rings. The van der Waals surface area contributed by atoms with E-state index >= 15 is 0 Å². The summed E-state index contributed by atoms with van der Waals surface area (Å²) in [4.78, 5) is 0. The number of nitrogens with two attached hydrogens (primary N) is 1. The lowest BCUT2D eigenvalue weighted by Crippen LogP contribution is -2.23. The summed E-state index contributed by atoms with van der Waals surface area (Å²) in [6.07, 6.45) is 11.8. The molecule has 38 heavy (non-hydrogen) atoms. The zero-order chi connectivity index (χ0) is 26.7. The second-order valence-electron chi connectivity index (χ2n) is 10.1. The minimum absolute atomic E-state index is 0.194. The first-order valence-electron chi connectivity index (χ1n) is 14.1. The van der Waals surface area contributed by atoms with Gasteiger partial charge in [0.05, 0.1) is 13.2 Å². The summed E-state index contributed by atoms with van der Waals surface area (Å²) in [5.74, 6) is 2.55. The predicted molar refractivity (Wildman–Crippen MR) is 152 cm³/mol. The van der Waals surface area contributed by atoms with E-state index in [1.165, 1.54) is 25.7 Å². The summed E-state index contributed by atoms with van der Waals surface area (Å²) in [5.41, 5.74) is 11.2. The molecule has 4 rings (SSSR count). The number of hydrogen-bond donors (Lipinski definition) is 1. The maximum atomic E-state index is 9.98. The molecule has 5 heteroatoms. The molecule has 0 saturated carbocycles. The van der Waals surface area contributed by atoms with E-state index in [2.05, 4.69) is 50.3 Å². The SMILES string of the molecule is CCCCCOc1ccc(/C=C2/CCCC3=C2OC(N)=C(C#N)[C@H]3c2ccc(OCCCCC)cc2)cc1. The van der Waals surface area contributed by atoms with Crippen LogP contribution in [0, 0.1) is 11.3 Å². The van der Waals surface area contributed by atoms with Crippen LogP contribution in [0.2, 0.25) is 0 Å². The van der Waals surface area contributed by atoms with Crippen molar-refractivity contribution in [1.82, 2.24) is 0 Å². The van der Waals surface area contributed by atoms with Crippen molar-refractivity contribution in [2.75, 3.05) is 13.2 Å². The minimum atomic E-state index is -0.208. The molecule has 0 unspecified atom stereocenters. The van der Waals surface area contributed by atoms with Gasteiger partial charge in [-0.3, -0.25) is 0 Å². The van der Waals surface area contributed by atoms with Crippen LogP contribution >= 0.6 is 0 Å². The molecule has 0 radical (unpaired) electrons. The van der Waals surface area contributed by atoms with Gasteiger partial charge in [0.25, 0.3) is 0 Å². The Morgan fingerprint density at radius 1 is 0.895 bits per heavy atom. The van der Waals surface area contributed by atoms with Gasteiger partial charge in [-0.05, 0) is 84.7 Å². The molecule has 200 valence electrons. The lowest BCUT2D eigenvalue weighted by Gasteiger charge is -2.33. The molecule has 5 nitrogen and oxygen atoms in total. The number of allylic oxidation sites excluding steroid dienone is 3. The highest BCUT2D eigenvalue weighted by Gasteiger charge is 2.35. The molecule has 0 spiro atoms. The highest BCUT2D eigenvalue weighted by Crippen LogP contribution is 2.47. The molecule has 2 aromatic carbocycles. The average Bonchev–Trinajstić information content (AvgIpc) is 2.94. The van der Waals surface area contributed by atoms with Gasteiger partial charge >= 0.3 is 0 Å². The van der Waals surface area contributed by atoms with Gasteiger partial charge in [0.15, 0.2) is 0 Å². The van der Waals surface area contributed by atoms with E-state index < -0.39 is 0 Å². The third-order valence-electron chi connectivity index (χ3n) is 7.18. The Kier molecular flexibility index (Phi) is 9.92. The molecular formula is C33H40N2O3. The van der Waals surface area contributed by atoms with Crippen molar-refractivity contribution in [2.24, 2.45) is 5.73 Å². The summed E-state index contributed by atoms with van der Waals surface area (Å²) in [5, 5.41) is 9.98. The number of nitriles is 1. The first kappa shape index (κ1) is 27.4. The Hall–Kier alpha value is -3.65. The summed E-state index contributed by atoms with van der Waals surface area (Å²) >= 11 is 0. The Bertz CT molecular complexity index is 1200. The van der Waals surface area contributed by atoms with Gasteiger partial charge in [-0.25, -0.2) is 0 Å². The zero-order valence-electron chi connectivity index (χ0n) is 22.8. The Labute approximate surface area is 227 Å². The van der Waals surface area contributed by atoms with Gasteiger partial charge in [-0.1, -0.05) is 63.8 Å². The largest absolute Gasteiger partial charge is 0.494 e. The van der Waals surface area contributed by atoms with E-state index in [1.54, 1.807) is 0 Å². The quantitative estimate of drug-likeness (QED) is 0.290. The van der Waals surface area contributed by atoms with Crippen molar-refractivity contribution in [2.45, 2.75) is 77.6 Å². The summed E-state index contributed by atoms with van der Waals surface area (Å²) < 4.78 is 17.9. The second-order valence-corrected chi connectivity index (χ2v) is 10.1. The van der Waals surface area contributed by atoms with Crippen molar-refractivity contribution in [1.29, 1.82) is 5.26 Å². The van der Waals surface area contributed by atoms with Crippen LogP contribution in [0.25, 0.3) is 6.08 Å². The van der Waals surface area contributed by atoms with Gasteiger partial charge in [-0.2, -0.15) is 5.26 Å². The van der Waals surface area contributed by atoms with Crippen molar-refractivity contribution >= 4 is 6.08 Å². The van der Waals surface area contributed by atoms with Crippen LogP contribution in [0.5, 0.6) is 11.5 Å². The second kappa shape index (κ2) is 13.8. The van der Waals surface area contributed by atoms with Gasteiger partial charge in [-0.15, -0.1) is 0 Å². The molecule has 0 bridgehead atoms. The van der Waals surface area contributed by atoms with Crippen LogP contribution in [0.4, 0.5) is 0 Å². The predicted octanol–water partition coefficient (Wildman–Crippen LogP) is 8.15. The number of unbranched alkanes of at least 4 members (excludes halogenated alkanes) is 4. The first-order chi connectivity index (χ1) is 18.6. The Balaban J connectivity index is 1.55. The summed E-state index contributed by atoms with van der Waals surface area (Å²) in [6, 6.07) is 18.6. The molecule has 1 aliphatic carbocycles. The molecule has 2 N–H and O–H groups in total. The average molecular weight is 513 g/mol. The van der Waals surface area contributed by atoms with E-state index in [4.69, 9.17) is 19.9 Å². The molecular weight excluding hydrogens is 472 g/mol. The van der Waals surface area contributed by atoms with Gasteiger partial charge < -0.3 is 19.9 Å². The highest BCUT2D eigenvalue weighted by atomic mass is 16.5. The van der Waals surface area contributed by atoms with Gasteiger partial charge in [0.2, 0.25) is 5.88 Å². The molecule has 2 aliphatic rings.